The second-order valence-electron chi connectivity index (χ2n) is 7.04. The Hall–Kier alpha value is -3.48. The molecule has 0 radical (unpaired) electrons. The molecule has 154 valence electrons. The molecule has 10 heteroatoms. The fraction of sp³-hybridized carbons (Fsp3) is 0.300. The molecule has 0 aliphatic carbocycles. The number of benzene rings is 1. The topological polar surface area (TPSA) is 74.3 Å². The van der Waals surface area contributed by atoms with Crippen LogP contribution in [0.2, 0.25) is 0 Å². The van der Waals surface area contributed by atoms with Crippen molar-refractivity contribution in [2.45, 2.75) is 25.2 Å². The second kappa shape index (κ2) is 7.74. The number of fused-ring (bicyclic) bond motifs is 1. The Labute approximate surface area is 168 Å². The van der Waals surface area contributed by atoms with Crippen molar-refractivity contribution in [2.75, 3.05) is 13.1 Å². The molecule has 1 amide bonds. The van der Waals surface area contributed by atoms with Crippen LogP contribution in [0.5, 0.6) is 0 Å². The van der Waals surface area contributed by atoms with Crippen LogP contribution in [0.25, 0.3) is 5.65 Å². The summed E-state index contributed by atoms with van der Waals surface area (Å²) in [4.78, 5) is 14.4. The smallest absolute Gasteiger partial charge is 0.292 e. The molecule has 6 nitrogen and oxygen atoms in total. The van der Waals surface area contributed by atoms with Crippen molar-refractivity contribution in [1.29, 1.82) is 5.26 Å². The number of pyridine rings is 1. The summed E-state index contributed by atoms with van der Waals surface area (Å²) in [7, 11) is 0. The van der Waals surface area contributed by atoms with Gasteiger partial charge >= 0.3 is 0 Å². The molecule has 3 aromatic rings. The van der Waals surface area contributed by atoms with Crippen LogP contribution in [0.4, 0.5) is 17.6 Å². The molecule has 1 saturated heterocycles. The number of rotatable bonds is 3. The highest BCUT2D eigenvalue weighted by Gasteiger charge is 2.31. The summed E-state index contributed by atoms with van der Waals surface area (Å²) in [5.74, 6) is -3.06. The number of nitrogens with zero attached hydrogens (tertiary/aromatic N) is 5. The lowest BCUT2D eigenvalue weighted by Gasteiger charge is -2.32. The lowest BCUT2D eigenvalue weighted by atomic mass is 9.86. The minimum Gasteiger partial charge on any atom is -0.336 e. The molecule has 1 aliphatic rings. The Morgan fingerprint density at radius 1 is 1.17 bits per heavy atom. The number of carbonyl (C=O) groups is 1. The summed E-state index contributed by atoms with van der Waals surface area (Å²) < 4.78 is 55.6. The van der Waals surface area contributed by atoms with Gasteiger partial charge in [-0.1, -0.05) is 0 Å². The number of carbonyl (C=O) groups excluding carboxylic acids is 1. The van der Waals surface area contributed by atoms with E-state index in [1.807, 2.05) is 6.07 Å². The summed E-state index contributed by atoms with van der Waals surface area (Å²) in [5.41, 5.74) is -0.0957. The van der Waals surface area contributed by atoms with E-state index in [1.54, 1.807) is 12.1 Å². The van der Waals surface area contributed by atoms with E-state index in [9.17, 15) is 22.4 Å². The van der Waals surface area contributed by atoms with Gasteiger partial charge < -0.3 is 4.90 Å². The molecule has 0 bridgehead atoms. The summed E-state index contributed by atoms with van der Waals surface area (Å²) in [6.45, 7) is 0.411. The summed E-state index contributed by atoms with van der Waals surface area (Å²) in [5, 5.41) is 16.9. The third-order valence-electron chi connectivity index (χ3n) is 5.29. The zero-order chi connectivity index (χ0) is 21.4. The molecule has 1 fully saturated rings. The van der Waals surface area contributed by atoms with Crippen molar-refractivity contribution < 1.29 is 22.4 Å². The van der Waals surface area contributed by atoms with Crippen LogP contribution < -0.4 is 0 Å². The van der Waals surface area contributed by atoms with E-state index in [-0.39, 0.29) is 37.3 Å². The number of amides is 1. The number of hydrogen-bond donors (Lipinski definition) is 0. The molecule has 1 aromatic carbocycles. The molecule has 0 spiro atoms. The van der Waals surface area contributed by atoms with Crippen LogP contribution in [0.1, 0.15) is 52.5 Å². The van der Waals surface area contributed by atoms with Crippen molar-refractivity contribution in [3.63, 3.8) is 0 Å². The van der Waals surface area contributed by atoms with Crippen LogP contribution in [-0.4, -0.2) is 38.5 Å². The summed E-state index contributed by atoms with van der Waals surface area (Å²) >= 11 is 0. The normalized spacial score (nSPS) is 15.0. The average molecular weight is 417 g/mol. The molecule has 0 saturated carbocycles. The highest BCUT2D eigenvalue weighted by molar-refractivity contribution is 5.91. The molecular formula is C20H15F4N5O. The number of piperidine rings is 1. The first-order chi connectivity index (χ1) is 14.4. The van der Waals surface area contributed by atoms with Gasteiger partial charge in [-0.2, -0.15) is 5.26 Å². The fourth-order valence-electron chi connectivity index (χ4n) is 3.81. The van der Waals surface area contributed by atoms with Gasteiger partial charge in [-0.15, -0.1) is 10.2 Å². The van der Waals surface area contributed by atoms with E-state index in [0.29, 0.717) is 17.3 Å². The zero-order valence-electron chi connectivity index (χ0n) is 15.5. The minimum absolute atomic E-state index is 0.0330. The monoisotopic (exact) mass is 417 g/mol. The highest BCUT2D eigenvalue weighted by Crippen LogP contribution is 2.37. The summed E-state index contributed by atoms with van der Waals surface area (Å²) in [6.07, 6.45) is -1.06. The van der Waals surface area contributed by atoms with Gasteiger partial charge in [-0.3, -0.25) is 9.20 Å². The first-order valence-corrected chi connectivity index (χ1v) is 9.20. The zero-order valence-corrected chi connectivity index (χ0v) is 15.5. The van der Waals surface area contributed by atoms with Crippen molar-refractivity contribution in [2.24, 2.45) is 0 Å². The Morgan fingerprint density at radius 2 is 1.90 bits per heavy atom. The lowest BCUT2D eigenvalue weighted by molar-refractivity contribution is 0.0696. The summed E-state index contributed by atoms with van der Waals surface area (Å²) in [6, 6.07) is 6.51. The van der Waals surface area contributed by atoms with Gasteiger partial charge in [0.15, 0.2) is 5.65 Å². The number of alkyl halides is 2. The average Bonchev–Trinajstić information content (AvgIpc) is 3.15. The van der Waals surface area contributed by atoms with Crippen LogP contribution >= 0.6 is 0 Å². The van der Waals surface area contributed by atoms with Gasteiger partial charge in [0.1, 0.15) is 17.7 Å². The first kappa shape index (κ1) is 19.8. The molecule has 30 heavy (non-hydrogen) atoms. The lowest BCUT2D eigenvalue weighted by Crippen LogP contribution is -2.39. The third-order valence-corrected chi connectivity index (χ3v) is 5.29. The minimum atomic E-state index is -3.06. The van der Waals surface area contributed by atoms with Gasteiger partial charge in [0.2, 0.25) is 5.82 Å². The fourth-order valence-corrected chi connectivity index (χ4v) is 3.81. The van der Waals surface area contributed by atoms with Gasteiger partial charge in [0.25, 0.3) is 12.3 Å². The van der Waals surface area contributed by atoms with E-state index in [2.05, 4.69) is 10.2 Å². The SMILES string of the molecule is N#Cc1ccc2nnc(C(=O)N3CCC(c4cc(F)cc(F)c4C(F)F)CC3)n2c1. The van der Waals surface area contributed by atoms with E-state index in [4.69, 9.17) is 5.26 Å². The molecule has 0 atom stereocenters. The Balaban J connectivity index is 1.55. The quantitative estimate of drug-likeness (QED) is 0.607. The number of nitriles is 1. The van der Waals surface area contributed by atoms with Crippen LogP contribution in [0.15, 0.2) is 30.5 Å². The maximum Gasteiger partial charge on any atom is 0.292 e. The van der Waals surface area contributed by atoms with Gasteiger partial charge in [0.05, 0.1) is 11.1 Å². The van der Waals surface area contributed by atoms with Crippen LogP contribution in [-0.2, 0) is 0 Å². The van der Waals surface area contributed by atoms with Crippen LogP contribution in [0.3, 0.4) is 0 Å². The van der Waals surface area contributed by atoms with Gasteiger partial charge in [0, 0.05) is 25.4 Å². The number of hydrogen-bond acceptors (Lipinski definition) is 4. The number of halogens is 4. The van der Waals surface area contributed by atoms with Crippen molar-refractivity contribution in [1.82, 2.24) is 19.5 Å². The third kappa shape index (κ3) is 3.47. The van der Waals surface area contributed by atoms with Crippen LogP contribution in [0, 0.1) is 23.0 Å². The largest absolute Gasteiger partial charge is 0.336 e. The highest BCUT2D eigenvalue weighted by atomic mass is 19.3. The predicted octanol–water partition coefficient (Wildman–Crippen LogP) is 3.84. The first-order valence-electron chi connectivity index (χ1n) is 9.20. The predicted molar refractivity (Wildman–Crippen MR) is 96.9 cm³/mol. The molecule has 3 heterocycles. The molecule has 2 aromatic heterocycles. The standard InChI is InChI=1S/C20H15F4N5O/c21-13-7-14(17(18(23)24)15(22)8-13)12-3-5-28(6-4-12)20(30)19-27-26-16-2-1-11(9-25)10-29(16)19/h1-2,7-8,10,12,18H,3-6H2. The molecule has 0 N–H and O–H groups in total. The number of aromatic nitrogens is 3. The van der Waals surface area contributed by atoms with Gasteiger partial charge in [-0.25, -0.2) is 17.6 Å². The van der Waals surface area contributed by atoms with E-state index in [1.165, 1.54) is 15.5 Å². The maximum absolute atomic E-state index is 13.9. The Morgan fingerprint density at radius 3 is 2.57 bits per heavy atom. The maximum atomic E-state index is 13.9. The van der Waals surface area contributed by atoms with E-state index in [0.717, 1.165) is 6.07 Å². The van der Waals surface area contributed by atoms with Crippen molar-refractivity contribution in [3.05, 3.63) is 64.6 Å². The molecular weight excluding hydrogens is 402 g/mol. The van der Waals surface area contributed by atoms with Crippen molar-refractivity contribution in [3.8, 4) is 6.07 Å². The molecule has 4 rings (SSSR count). The number of likely N-dealkylation sites (tertiary alicyclic amines) is 1. The Kier molecular flexibility index (Phi) is 5.11. The van der Waals surface area contributed by atoms with Crippen molar-refractivity contribution >= 4 is 11.6 Å². The second-order valence-corrected chi connectivity index (χ2v) is 7.04. The van der Waals surface area contributed by atoms with Gasteiger partial charge in [-0.05, 0) is 42.5 Å². The Bertz CT molecular complexity index is 1160. The molecule has 0 unspecified atom stereocenters. The van der Waals surface area contributed by atoms with E-state index >= 15 is 0 Å². The molecule has 1 aliphatic heterocycles. The van der Waals surface area contributed by atoms with E-state index < -0.39 is 35.4 Å².